The van der Waals surface area contributed by atoms with Gasteiger partial charge in [0, 0.05) is 43.2 Å². The first-order chi connectivity index (χ1) is 12.0. The van der Waals surface area contributed by atoms with Crippen molar-refractivity contribution in [1.29, 1.82) is 0 Å². The molecule has 2 atom stereocenters. The molecule has 0 aliphatic heterocycles. The van der Waals surface area contributed by atoms with Gasteiger partial charge in [0.1, 0.15) is 5.82 Å². The number of aromatic nitrogens is 3. The molecule has 1 aromatic carbocycles. The molecule has 0 amide bonds. The Hall–Kier alpha value is -2.31. The third kappa shape index (κ3) is 3.70. The number of halogens is 1. The lowest BCUT2D eigenvalue weighted by Crippen LogP contribution is -2.26. The summed E-state index contributed by atoms with van der Waals surface area (Å²) in [7, 11) is 1.66. The number of rotatable bonds is 6. The van der Waals surface area contributed by atoms with Crippen LogP contribution >= 0.6 is 0 Å². The van der Waals surface area contributed by atoms with E-state index in [1.165, 1.54) is 12.1 Å². The Bertz CT molecular complexity index is 860. The SMILES string of the molecule is CO[C@H](CN[C@H](C)c1cnc2cc(C)nn2c1C)c1ccc(F)cc1. The van der Waals surface area contributed by atoms with Gasteiger partial charge in [-0.15, -0.1) is 0 Å². The Balaban J connectivity index is 1.74. The van der Waals surface area contributed by atoms with Crippen LogP contribution in [0.5, 0.6) is 0 Å². The Morgan fingerprint density at radius 1 is 1.24 bits per heavy atom. The molecule has 0 unspecified atom stereocenters. The zero-order valence-electron chi connectivity index (χ0n) is 15.0. The second-order valence-electron chi connectivity index (χ2n) is 6.26. The summed E-state index contributed by atoms with van der Waals surface area (Å²) in [6, 6.07) is 8.45. The van der Waals surface area contributed by atoms with Crippen molar-refractivity contribution >= 4 is 5.65 Å². The topological polar surface area (TPSA) is 51.5 Å². The Labute approximate surface area is 146 Å². The van der Waals surface area contributed by atoms with E-state index in [0.717, 1.165) is 28.2 Å². The van der Waals surface area contributed by atoms with Crippen LogP contribution in [0.2, 0.25) is 0 Å². The summed E-state index contributed by atoms with van der Waals surface area (Å²) >= 11 is 0. The molecule has 132 valence electrons. The maximum absolute atomic E-state index is 13.1. The van der Waals surface area contributed by atoms with Gasteiger partial charge in [0.05, 0.1) is 11.8 Å². The molecule has 0 saturated carbocycles. The average Bonchev–Trinajstić information content (AvgIpc) is 2.98. The summed E-state index contributed by atoms with van der Waals surface area (Å²) in [5, 5.41) is 7.96. The normalized spacial score (nSPS) is 14.0. The maximum Gasteiger partial charge on any atom is 0.155 e. The highest BCUT2D eigenvalue weighted by Gasteiger charge is 2.16. The van der Waals surface area contributed by atoms with Crippen LogP contribution < -0.4 is 5.32 Å². The molecule has 0 bridgehead atoms. The molecule has 0 spiro atoms. The van der Waals surface area contributed by atoms with Crippen molar-refractivity contribution in [1.82, 2.24) is 19.9 Å². The lowest BCUT2D eigenvalue weighted by molar-refractivity contribution is 0.0998. The highest BCUT2D eigenvalue weighted by Crippen LogP contribution is 2.21. The van der Waals surface area contributed by atoms with Crippen LogP contribution in [-0.2, 0) is 4.74 Å². The smallest absolute Gasteiger partial charge is 0.155 e. The first-order valence-corrected chi connectivity index (χ1v) is 8.33. The molecule has 6 heteroatoms. The van der Waals surface area contributed by atoms with Gasteiger partial charge < -0.3 is 10.1 Å². The number of ether oxygens (including phenoxy) is 1. The Kier molecular flexibility index (Phi) is 5.11. The van der Waals surface area contributed by atoms with Crippen molar-refractivity contribution in [3.63, 3.8) is 0 Å². The molecule has 0 saturated heterocycles. The summed E-state index contributed by atoms with van der Waals surface area (Å²) in [6.45, 7) is 6.70. The van der Waals surface area contributed by atoms with Gasteiger partial charge in [0.2, 0.25) is 0 Å². The molecule has 25 heavy (non-hydrogen) atoms. The van der Waals surface area contributed by atoms with Gasteiger partial charge in [-0.05, 0) is 38.5 Å². The Morgan fingerprint density at radius 2 is 1.96 bits per heavy atom. The highest BCUT2D eigenvalue weighted by molar-refractivity contribution is 5.42. The van der Waals surface area contributed by atoms with Gasteiger partial charge >= 0.3 is 0 Å². The van der Waals surface area contributed by atoms with Crippen LogP contribution in [0.25, 0.3) is 5.65 Å². The zero-order valence-corrected chi connectivity index (χ0v) is 15.0. The van der Waals surface area contributed by atoms with Gasteiger partial charge in [0.25, 0.3) is 0 Å². The number of fused-ring (bicyclic) bond motifs is 1. The molecule has 0 radical (unpaired) electrons. The Morgan fingerprint density at radius 3 is 2.64 bits per heavy atom. The summed E-state index contributed by atoms with van der Waals surface area (Å²) in [5.74, 6) is -0.246. The quantitative estimate of drug-likeness (QED) is 0.745. The van der Waals surface area contributed by atoms with Crippen LogP contribution in [0.3, 0.4) is 0 Å². The van der Waals surface area contributed by atoms with E-state index in [-0.39, 0.29) is 18.0 Å². The van der Waals surface area contributed by atoms with Crippen LogP contribution in [0, 0.1) is 19.7 Å². The highest BCUT2D eigenvalue weighted by atomic mass is 19.1. The van der Waals surface area contributed by atoms with E-state index < -0.39 is 0 Å². The predicted molar refractivity (Wildman–Crippen MR) is 95.0 cm³/mol. The third-order valence-corrected chi connectivity index (χ3v) is 4.49. The summed E-state index contributed by atoms with van der Waals surface area (Å²) < 4.78 is 20.5. The number of benzene rings is 1. The molecule has 1 N–H and O–H groups in total. The van der Waals surface area contributed by atoms with Gasteiger partial charge in [-0.1, -0.05) is 12.1 Å². The lowest BCUT2D eigenvalue weighted by atomic mass is 10.1. The van der Waals surface area contributed by atoms with E-state index >= 15 is 0 Å². The van der Waals surface area contributed by atoms with Crippen LogP contribution in [0.15, 0.2) is 36.5 Å². The average molecular weight is 342 g/mol. The van der Waals surface area contributed by atoms with E-state index in [2.05, 4.69) is 22.3 Å². The van der Waals surface area contributed by atoms with Crippen molar-refractivity contribution in [3.05, 3.63) is 64.9 Å². The molecule has 0 aliphatic rings. The second kappa shape index (κ2) is 7.29. The molecule has 2 heterocycles. The van der Waals surface area contributed by atoms with Crippen molar-refractivity contribution in [2.45, 2.75) is 32.9 Å². The maximum atomic E-state index is 13.1. The molecule has 3 aromatic rings. The number of aryl methyl sites for hydroxylation is 2. The minimum absolute atomic E-state index is 0.0829. The van der Waals surface area contributed by atoms with Crippen LogP contribution in [0.1, 0.15) is 41.6 Å². The fourth-order valence-electron chi connectivity index (χ4n) is 3.01. The van der Waals surface area contributed by atoms with Crippen molar-refractivity contribution in [2.24, 2.45) is 0 Å². The second-order valence-corrected chi connectivity index (χ2v) is 6.26. The number of methoxy groups -OCH3 is 1. The number of nitrogens with zero attached hydrogens (tertiary/aromatic N) is 3. The standard InChI is InChI=1S/C19H23FN4O/c1-12-9-19-22-10-17(14(3)24(19)23-12)13(2)21-11-18(25-4)15-5-7-16(20)8-6-15/h5-10,13,18,21H,11H2,1-4H3/t13-,18-/m1/s1. The van der Waals surface area contributed by atoms with E-state index in [9.17, 15) is 4.39 Å². The number of nitrogens with one attached hydrogen (secondary N) is 1. The molecule has 0 aliphatic carbocycles. The summed E-state index contributed by atoms with van der Waals surface area (Å²) in [6.07, 6.45) is 1.75. The van der Waals surface area contributed by atoms with E-state index in [0.29, 0.717) is 6.54 Å². The first-order valence-electron chi connectivity index (χ1n) is 8.33. The summed E-state index contributed by atoms with van der Waals surface area (Å²) in [5.41, 5.74) is 4.89. The van der Waals surface area contributed by atoms with Crippen molar-refractivity contribution in [3.8, 4) is 0 Å². The third-order valence-electron chi connectivity index (χ3n) is 4.49. The van der Waals surface area contributed by atoms with Gasteiger partial charge in [-0.2, -0.15) is 5.10 Å². The molecular weight excluding hydrogens is 319 g/mol. The van der Waals surface area contributed by atoms with E-state index in [1.807, 2.05) is 30.6 Å². The molecular formula is C19H23FN4O. The van der Waals surface area contributed by atoms with Gasteiger partial charge in [-0.3, -0.25) is 0 Å². The molecule has 0 fully saturated rings. The fraction of sp³-hybridized carbons (Fsp3) is 0.368. The largest absolute Gasteiger partial charge is 0.375 e. The molecule has 2 aromatic heterocycles. The lowest BCUT2D eigenvalue weighted by Gasteiger charge is -2.21. The first kappa shape index (κ1) is 17.5. The van der Waals surface area contributed by atoms with Crippen LogP contribution in [0.4, 0.5) is 4.39 Å². The van der Waals surface area contributed by atoms with E-state index in [1.54, 1.807) is 19.2 Å². The monoisotopic (exact) mass is 342 g/mol. The van der Waals surface area contributed by atoms with Crippen LogP contribution in [-0.4, -0.2) is 28.3 Å². The van der Waals surface area contributed by atoms with E-state index in [4.69, 9.17) is 4.74 Å². The van der Waals surface area contributed by atoms with Gasteiger partial charge in [0.15, 0.2) is 5.65 Å². The predicted octanol–water partition coefficient (Wildman–Crippen LogP) is 3.52. The fourth-order valence-corrected chi connectivity index (χ4v) is 3.01. The minimum atomic E-state index is -0.246. The summed E-state index contributed by atoms with van der Waals surface area (Å²) in [4.78, 5) is 4.49. The minimum Gasteiger partial charge on any atom is -0.375 e. The van der Waals surface area contributed by atoms with Crippen molar-refractivity contribution in [2.75, 3.05) is 13.7 Å². The number of hydrogen-bond acceptors (Lipinski definition) is 4. The zero-order chi connectivity index (χ0) is 18.0. The van der Waals surface area contributed by atoms with Gasteiger partial charge in [-0.25, -0.2) is 13.9 Å². The molecule has 3 rings (SSSR count). The van der Waals surface area contributed by atoms with Crippen molar-refractivity contribution < 1.29 is 9.13 Å². The number of hydrogen-bond donors (Lipinski definition) is 1. The molecule has 5 nitrogen and oxygen atoms in total.